The van der Waals surface area contributed by atoms with Crippen LogP contribution in [0, 0.1) is 0 Å². The summed E-state index contributed by atoms with van der Waals surface area (Å²) in [4.78, 5) is 13.2. The van der Waals surface area contributed by atoms with Gasteiger partial charge in [-0.15, -0.1) is 0 Å². The molecule has 0 radical (unpaired) electrons. The van der Waals surface area contributed by atoms with Gasteiger partial charge >= 0.3 is 0 Å². The number of carbonyl (C=O) groups is 1. The maximum atomic E-state index is 13.2. The molecule has 0 unspecified atom stereocenters. The van der Waals surface area contributed by atoms with Crippen molar-refractivity contribution in [1.82, 2.24) is 14.7 Å². The second-order valence-electron chi connectivity index (χ2n) is 21.2. The highest BCUT2D eigenvalue weighted by atomic mass is 32.2. The summed E-state index contributed by atoms with van der Waals surface area (Å²) in [5.41, 5.74) is -0.594. The number of thioether (sulfide) groups is 1. The molecule has 0 fully saturated rings. The van der Waals surface area contributed by atoms with Gasteiger partial charge in [0.1, 0.15) is 0 Å². The third-order valence-electron chi connectivity index (χ3n) is 11.8. The first kappa shape index (κ1) is 55.8. The third-order valence-corrected chi connectivity index (χ3v) is 29.1. The van der Waals surface area contributed by atoms with Crippen molar-refractivity contribution in [1.29, 1.82) is 0 Å². The Morgan fingerprint density at radius 2 is 0.964 bits per heavy atom. The summed E-state index contributed by atoms with van der Waals surface area (Å²) >= 11 is 1.25. The molecule has 55 heavy (non-hydrogen) atoms. The van der Waals surface area contributed by atoms with Crippen molar-refractivity contribution < 1.29 is 27.3 Å². The molecule has 0 spiro atoms. The lowest BCUT2D eigenvalue weighted by Gasteiger charge is -2.46. The fraction of sp³-hybridized carbons (Fsp3) is 0.976. The Bertz CT molecular complexity index is 998. The second-order valence-corrected chi connectivity index (χ2v) is 38.3. The zero-order valence-corrected chi connectivity index (χ0v) is 45.1. The summed E-state index contributed by atoms with van der Waals surface area (Å²) in [5, 5.41) is 4.10. The highest BCUT2D eigenvalue weighted by molar-refractivity contribution is 8.13. The predicted octanol–water partition coefficient (Wildman–Crippen LogP) is 11.9. The van der Waals surface area contributed by atoms with Crippen molar-refractivity contribution >= 4 is 50.3 Å². The first-order valence-corrected chi connectivity index (χ1v) is 31.9. The number of ether oxygens (including phenoxy) is 1. The molecule has 0 saturated carbocycles. The number of nitrogens with zero attached hydrogens (tertiary/aromatic N) is 2. The summed E-state index contributed by atoms with van der Waals surface area (Å²) in [7, 11) is -7.21. The molecule has 0 saturated heterocycles. The highest BCUT2D eigenvalue weighted by Crippen LogP contribution is 2.51. The van der Waals surface area contributed by atoms with E-state index in [1.54, 1.807) is 0 Å². The van der Waals surface area contributed by atoms with E-state index in [1.807, 2.05) is 0 Å². The molecule has 14 heteroatoms. The summed E-state index contributed by atoms with van der Waals surface area (Å²) in [5.74, 6) is 0.338. The van der Waals surface area contributed by atoms with E-state index < -0.39 is 38.9 Å². The second kappa shape index (κ2) is 23.1. The first-order chi connectivity index (χ1) is 24.6. The Kier molecular flexibility index (Phi) is 23.4. The van der Waals surface area contributed by atoms with Crippen LogP contribution in [0.15, 0.2) is 0 Å². The molecule has 0 amide bonds. The summed E-state index contributed by atoms with van der Waals surface area (Å²) in [6.07, 6.45) is 1.16. The molecular formula is C41H92N3O6PSSi3. The monoisotopic (exact) mass is 870 g/mol. The van der Waals surface area contributed by atoms with Gasteiger partial charge in [-0.2, -0.15) is 0 Å². The predicted molar refractivity (Wildman–Crippen MR) is 250 cm³/mol. The molecule has 0 aromatic heterocycles. The molecule has 0 atom stereocenters. The van der Waals surface area contributed by atoms with Gasteiger partial charge in [-0.1, -0.05) is 74.1 Å². The molecule has 0 heterocycles. The largest absolute Gasteiger partial charge is 0.415 e. The lowest BCUT2D eigenvalue weighted by atomic mass is 10.0. The van der Waals surface area contributed by atoms with Gasteiger partial charge in [0.2, 0.25) is 0 Å². The van der Waals surface area contributed by atoms with E-state index in [0.717, 1.165) is 6.42 Å². The van der Waals surface area contributed by atoms with Crippen LogP contribution in [0.5, 0.6) is 0 Å². The van der Waals surface area contributed by atoms with E-state index in [4.69, 9.17) is 22.5 Å². The van der Waals surface area contributed by atoms with E-state index in [2.05, 4.69) is 172 Å². The maximum Gasteiger partial charge on any atom is 0.192 e. The SMILES string of the molecule is CC(C)N(C(C)C)P(OCCCOCSC(=O)CCNC(CO[Si](C)(C)C(C)(C)C)(CO[Si](C)(C)C(C)(C)C)CO[Si](C)(C)C(C)(C)C)N(C(C)C)C(C)C. The molecule has 9 nitrogen and oxygen atoms in total. The molecule has 330 valence electrons. The number of carbonyl (C=O) groups excluding carboxylic acids is 1. The van der Waals surface area contributed by atoms with Crippen LogP contribution >= 0.6 is 20.2 Å². The van der Waals surface area contributed by atoms with Crippen molar-refractivity contribution in [3.63, 3.8) is 0 Å². The van der Waals surface area contributed by atoms with Crippen LogP contribution in [0.4, 0.5) is 0 Å². The van der Waals surface area contributed by atoms with E-state index in [-0.39, 0.29) is 20.2 Å². The van der Waals surface area contributed by atoms with Crippen molar-refractivity contribution in [3.05, 3.63) is 0 Å². The molecule has 0 aromatic rings. The van der Waals surface area contributed by atoms with Gasteiger partial charge in [0.15, 0.2) is 38.5 Å². The number of nitrogens with one attached hydrogen (secondary N) is 1. The Labute approximate surface area is 350 Å². The van der Waals surface area contributed by atoms with E-state index in [1.165, 1.54) is 11.8 Å². The summed E-state index contributed by atoms with van der Waals surface area (Å²) in [6, 6.07) is 1.51. The van der Waals surface area contributed by atoms with Gasteiger partial charge in [-0.05, 0) is 116 Å². The fourth-order valence-electron chi connectivity index (χ4n) is 5.09. The van der Waals surface area contributed by atoms with Crippen molar-refractivity contribution in [2.24, 2.45) is 0 Å². The van der Waals surface area contributed by atoms with Crippen LogP contribution in [0.3, 0.4) is 0 Å². The van der Waals surface area contributed by atoms with Crippen molar-refractivity contribution in [2.75, 3.05) is 45.5 Å². The van der Waals surface area contributed by atoms with Crippen LogP contribution in [-0.4, -0.2) is 115 Å². The molecule has 0 aromatic carbocycles. The lowest BCUT2D eigenvalue weighted by molar-refractivity contribution is -0.111. The Balaban J connectivity index is 5.72. The first-order valence-electron chi connectivity index (χ1n) is 21.0. The van der Waals surface area contributed by atoms with Gasteiger partial charge < -0.3 is 27.9 Å². The molecule has 0 aliphatic carbocycles. The lowest BCUT2D eigenvalue weighted by Crippen LogP contribution is -2.62. The van der Waals surface area contributed by atoms with Gasteiger partial charge in [0, 0.05) is 43.7 Å². The van der Waals surface area contributed by atoms with Gasteiger partial charge in [0.05, 0.1) is 37.9 Å². The van der Waals surface area contributed by atoms with Gasteiger partial charge in [0.25, 0.3) is 0 Å². The average Bonchev–Trinajstić information content (AvgIpc) is 2.98. The fourth-order valence-corrected chi connectivity index (χ4v) is 11.3. The van der Waals surface area contributed by atoms with Gasteiger partial charge in [-0.3, -0.25) is 4.79 Å². The molecule has 0 aliphatic rings. The Hall–Kier alpha value is 0.781. The van der Waals surface area contributed by atoms with Crippen LogP contribution < -0.4 is 5.32 Å². The standard InChI is InChI=1S/C41H92N3O6PSSi3/c1-33(2)43(34(3)4)51(44(35(5)6)36(7)8)47-28-24-27-46-32-52-37(45)25-26-42-41(29-48-53(18,19)38(9,10)11,30-49-54(20,21)39(12,13)14)31-50-55(22,23)40(15,16)17/h33-36,42H,24-32H2,1-23H3. The number of hydrogen-bond acceptors (Lipinski definition) is 10. The minimum atomic E-state index is -2.10. The van der Waals surface area contributed by atoms with Crippen molar-refractivity contribution in [3.8, 4) is 0 Å². The van der Waals surface area contributed by atoms with Crippen LogP contribution in [0.1, 0.15) is 131 Å². The van der Waals surface area contributed by atoms with E-state index >= 15 is 0 Å². The zero-order valence-electron chi connectivity index (χ0n) is 40.4. The topological polar surface area (TPSA) is 81.7 Å². The molecule has 1 N–H and O–H groups in total. The maximum absolute atomic E-state index is 13.2. The van der Waals surface area contributed by atoms with E-state index in [0.29, 0.717) is 76.1 Å². The normalized spacial score (nSPS) is 14.7. The minimum absolute atomic E-state index is 0.0612. The number of rotatable bonds is 26. The third kappa shape index (κ3) is 18.9. The smallest absolute Gasteiger partial charge is 0.192 e. The van der Waals surface area contributed by atoms with Crippen molar-refractivity contribution in [2.45, 2.75) is 215 Å². The van der Waals surface area contributed by atoms with Crippen LogP contribution in [0.25, 0.3) is 0 Å². The zero-order chi connectivity index (χ0) is 43.4. The summed E-state index contributed by atoms with van der Waals surface area (Å²) < 4.78 is 38.4. The van der Waals surface area contributed by atoms with Crippen LogP contribution in [0.2, 0.25) is 54.4 Å². The Morgan fingerprint density at radius 3 is 1.27 bits per heavy atom. The van der Waals surface area contributed by atoms with Crippen LogP contribution in [-0.2, 0) is 27.3 Å². The van der Waals surface area contributed by atoms with E-state index in [9.17, 15) is 4.79 Å². The molecule has 0 aliphatic heterocycles. The highest BCUT2D eigenvalue weighted by Gasteiger charge is 2.46. The minimum Gasteiger partial charge on any atom is -0.415 e. The molecular weight excluding hydrogens is 778 g/mol. The average molecular weight is 871 g/mol. The Morgan fingerprint density at radius 1 is 0.618 bits per heavy atom. The number of hydrogen-bond donors (Lipinski definition) is 1. The summed E-state index contributed by atoms with van der Waals surface area (Å²) in [6.45, 7) is 55.3. The molecule has 0 bridgehead atoms. The quantitative estimate of drug-likeness (QED) is 0.0393. The van der Waals surface area contributed by atoms with Gasteiger partial charge in [-0.25, -0.2) is 9.34 Å². The molecule has 0 rings (SSSR count).